The Labute approximate surface area is 96.0 Å². The molecule has 2 aromatic rings. The van der Waals surface area contributed by atoms with Crippen LogP contribution < -0.4 is 0 Å². The molecule has 0 saturated heterocycles. The van der Waals surface area contributed by atoms with Crippen molar-refractivity contribution < 1.29 is 14.9 Å². The second-order valence-corrected chi connectivity index (χ2v) is 3.69. The molecule has 2 N–H and O–H groups in total. The molecule has 88 valence electrons. The number of aliphatic hydroxyl groups excluding tert-OH is 2. The molecule has 3 rings (SSSR count). The van der Waals surface area contributed by atoms with Gasteiger partial charge in [-0.15, -0.1) is 0 Å². The second-order valence-electron chi connectivity index (χ2n) is 3.69. The first kappa shape index (κ1) is 10.0. The summed E-state index contributed by atoms with van der Waals surface area (Å²) in [5.74, 6) is 0.263. The number of nitrogens with zero attached hydrogens (tertiary/aromatic N) is 4. The van der Waals surface area contributed by atoms with Crippen LogP contribution in [0.1, 0.15) is 12.6 Å². The maximum absolute atomic E-state index is 9.56. The predicted molar refractivity (Wildman–Crippen MR) is 56.8 cm³/mol. The highest BCUT2D eigenvalue weighted by Crippen LogP contribution is 2.31. The number of fused-ring (bicyclic) bond motifs is 1. The van der Waals surface area contributed by atoms with Crippen LogP contribution in [-0.2, 0) is 4.74 Å². The Hall–Kier alpha value is -2.15. The predicted octanol–water partition coefficient (Wildman–Crippen LogP) is 0.507. The van der Waals surface area contributed by atoms with Crippen molar-refractivity contribution in [3.63, 3.8) is 0 Å². The molecule has 1 atom stereocenters. The van der Waals surface area contributed by atoms with Crippen LogP contribution in [0.15, 0.2) is 30.4 Å². The van der Waals surface area contributed by atoms with Crippen LogP contribution in [-0.4, -0.2) is 36.3 Å². The van der Waals surface area contributed by atoms with Crippen molar-refractivity contribution in [2.75, 3.05) is 6.61 Å². The molecule has 0 aromatic carbocycles. The number of ether oxygens (including phenoxy) is 1. The van der Waals surface area contributed by atoms with Crippen LogP contribution in [0.2, 0.25) is 0 Å². The zero-order valence-electron chi connectivity index (χ0n) is 8.82. The summed E-state index contributed by atoms with van der Waals surface area (Å²) in [6.45, 7) is -0.316. The molecule has 0 radical (unpaired) electrons. The summed E-state index contributed by atoms with van der Waals surface area (Å²) < 4.78 is 7.12. The van der Waals surface area contributed by atoms with Crippen molar-refractivity contribution in [1.82, 2.24) is 19.5 Å². The Morgan fingerprint density at radius 2 is 2.35 bits per heavy atom. The van der Waals surface area contributed by atoms with Crippen molar-refractivity contribution in [1.29, 1.82) is 0 Å². The van der Waals surface area contributed by atoms with Crippen LogP contribution in [0.5, 0.6) is 0 Å². The van der Waals surface area contributed by atoms with Crippen LogP contribution in [0, 0.1) is 0 Å². The van der Waals surface area contributed by atoms with Crippen molar-refractivity contribution >= 4 is 11.2 Å². The van der Waals surface area contributed by atoms with Gasteiger partial charge in [0.05, 0.1) is 12.6 Å². The van der Waals surface area contributed by atoms with Crippen LogP contribution >= 0.6 is 0 Å². The minimum Gasteiger partial charge on any atom is -0.508 e. The van der Waals surface area contributed by atoms with Crippen LogP contribution in [0.4, 0.5) is 0 Å². The first-order chi connectivity index (χ1) is 8.29. The summed E-state index contributed by atoms with van der Waals surface area (Å²) in [5, 5.41) is 18.5. The van der Waals surface area contributed by atoms with Gasteiger partial charge < -0.3 is 14.9 Å². The molecule has 0 saturated carbocycles. The number of hydrogen-bond acceptors (Lipinski definition) is 6. The lowest BCUT2D eigenvalue weighted by atomic mass is 10.3. The van der Waals surface area contributed by atoms with Gasteiger partial charge in [0.15, 0.2) is 17.6 Å². The fraction of sp³-hybridized carbons (Fsp3) is 0.300. The van der Waals surface area contributed by atoms with Gasteiger partial charge >= 0.3 is 0 Å². The average molecular weight is 234 g/mol. The third-order valence-electron chi connectivity index (χ3n) is 2.66. The van der Waals surface area contributed by atoms with E-state index < -0.39 is 6.23 Å². The molecule has 3 heterocycles. The molecule has 0 bridgehead atoms. The van der Waals surface area contributed by atoms with Gasteiger partial charge in [-0.25, -0.2) is 15.0 Å². The monoisotopic (exact) mass is 234 g/mol. The molecule has 1 aliphatic heterocycles. The van der Waals surface area contributed by atoms with E-state index in [1.165, 1.54) is 6.33 Å². The Balaban J connectivity index is 1.97. The maximum atomic E-state index is 9.56. The molecular weight excluding hydrogens is 224 g/mol. The van der Waals surface area contributed by atoms with Gasteiger partial charge in [0, 0.05) is 0 Å². The zero-order chi connectivity index (χ0) is 11.8. The Bertz CT molecular complexity index is 592. The normalized spacial score (nSPS) is 19.9. The van der Waals surface area contributed by atoms with Crippen molar-refractivity contribution in [3.8, 4) is 0 Å². The summed E-state index contributed by atoms with van der Waals surface area (Å²) in [4.78, 5) is 12.1. The molecule has 1 unspecified atom stereocenters. The third kappa shape index (κ3) is 1.51. The van der Waals surface area contributed by atoms with Crippen LogP contribution in [0.25, 0.3) is 11.2 Å². The topological polar surface area (TPSA) is 93.3 Å². The first-order valence-electron chi connectivity index (χ1n) is 5.10. The van der Waals surface area contributed by atoms with E-state index in [2.05, 4.69) is 15.0 Å². The van der Waals surface area contributed by atoms with Crippen molar-refractivity contribution in [2.45, 2.75) is 12.6 Å². The summed E-state index contributed by atoms with van der Waals surface area (Å²) in [7, 11) is 0. The number of imidazole rings is 1. The molecule has 0 amide bonds. The molecule has 1 aliphatic rings. The standard InChI is InChI=1S/C10H10N4O3/c15-3-8-7(16)1-9(17-8)14-5-13-6-2-11-4-12-10(6)14/h2,4-5,9,15-16H,1,3H2. The fourth-order valence-corrected chi connectivity index (χ4v) is 1.83. The Kier molecular flexibility index (Phi) is 2.19. The van der Waals surface area contributed by atoms with Gasteiger partial charge in [-0.3, -0.25) is 4.57 Å². The Morgan fingerprint density at radius 1 is 1.47 bits per heavy atom. The highest BCUT2D eigenvalue weighted by molar-refractivity contribution is 5.68. The maximum Gasteiger partial charge on any atom is 0.185 e. The first-order valence-corrected chi connectivity index (χ1v) is 5.10. The van der Waals surface area contributed by atoms with E-state index in [-0.39, 0.29) is 18.1 Å². The van der Waals surface area contributed by atoms with E-state index in [1.807, 2.05) is 0 Å². The molecule has 0 aliphatic carbocycles. The number of rotatable bonds is 2. The number of aromatic nitrogens is 4. The largest absolute Gasteiger partial charge is 0.508 e. The van der Waals surface area contributed by atoms with Crippen molar-refractivity contribution in [3.05, 3.63) is 30.4 Å². The molecular formula is C10H10N4O3. The highest BCUT2D eigenvalue weighted by atomic mass is 16.5. The average Bonchev–Trinajstić information content (AvgIpc) is 2.92. The smallest absolute Gasteiger partial charge is 0.185 e. The summed E-state index contributed by atoms with van der Waals surface area (Å²) in [6, 6.07) is 0. The van der Waals surface area contributed by atoms with Crippen LogP contribution in [0.3, 0.4) is 0 Å². The minimum absolute atomic E-state index is 0.0633. The molecule has 17 heavy (non-hydrogen) atoms. The zero-order valence-corrected chi connectivity index (χ0v) is 8.82. The lowest BCUT2D eigenvalue weighted by Gasteiger charge is -2.13. The van der Waals surface area contributed by atoms with Gasteiger partial charge in [0.25, 0.3) is 0 Å². The SMILES string of the molecule is OCC1=C(O)CC(n2cnc3cncnc32)O1. The van der Waals surface area contributed by atoms with Gasteiger partial charge in [0.1, 0.15) is 30.5 Å². The minimum atomic E-state index is -0.419. The molecule has 7 nitrogen and oxygen atoms in total. The summed E-state index contributed by atoms with van der Waals surface area (Å²) in [6.07, 6.45) is 4.49. The third-order valence-corrected chi connectivity index (χ3v) is 2.66. The molecule has 7 heteroatoms. The van der Waals surface area contributed by atoms with E-state index >= 15 is 0 Å². The second kappa shape index (κ2) is 3.70. The Morgan fingerprint density at radius 3 is 3.12 bits per heavy atom. The lowest BCUT2D eigenvalue weighted by Crippen LogP contribution is -2.08. The summed E-state index contributed by atoms with van der Waals surface area (Å²) >= 11 is 0. The van der Waals surface area contributed by atoms with E-state index in [0.29, 0.717) is 17.6 Å². The number of hydrogen-bond donors (Lipinski definition) is 2. The number of aliphatic hydroxyl groups is 2. The molecule has 0 spiro atoms. The fourth-order valence-electron chi connectivity index (χ4n) is 1.83. The van der Waals surface area contributed by atoms with Gasteiger partial charge in [-0.05, 0) is 0 Å². The van der Waals surface area contributed by atoms with E-state index in [0.717, 1.165) is 0 Å². The van der Waals surface area contributed by atoms with Gasteiger partial charge in [-0.2, -0.15) is 0 Å². The van der Waals surface area contributed by atoms with E-state index in [1.54, 1.807) is 17.1 Å². The molecule has 0 fully saturated rings. The van der Waals surface area contributed by atoms with E-state index in [4.69, 9.17) is 9.84 Å². The highest BCUT2D eigenvalue weighted by Gasteiger charge is 2.27. The quantitative estimate of drug-likeness (QED) is 0.786. The van der Waals surface area contributed by atoms with E-state index in [9.17, 15) is 5.11 Å². The lowest BCUT2D eigenvalue weighted by molar-refractivity contribution is 0.0656. The van der Waals surface area contributed by atoms with Gasteiger partial charge in [-0.1, -0.05) is 0 Å². The molecule has 2 aromatic heterocycles. The summed E-state index contributed by atoms with van der Waals surface area (Å²) in [5.41, 5.74) is 1.30. The van der Waals surface area contributed by atoms with Crippen molar-refractivity contribution in [2.24, 2.45) is 0 Å². The van der Waals surface area contributed by atoms with Gasteiger partial charge in [0.2, 0.25) is 0 Å².